The molecule has 0 heterocycles. The molecule has 0 aliphatic carbocycles. The van der Waals surface area contributed by atoms with E-state index in [4.69, 9.17) is 0 Å². The average Bonchev–Trinajstić information content (AvgIpc) is 2.71. The van der Waals surface area contributed by atoms with Gasteiger partial charge in [-0.3, -0.25) is 0 Å². The van der Waals surface area contributed by atoms with Crippen molar-refractivity contribution >= 4 is 5.97 Å². The van der Waals surface area contributed by atoms with Gasteiger partial charge in [0.2, 0.25) is 0 Å². The highest BCUT2D eigenvalue weighted by Gasteiger charge is 2.06. The van der Waals surface area contributed by atoms with Gasteiger partial charge < -0.3 is 14.4 Å². The Morgan fingerprint density at radius 2 is 1.06 bits per heavy atom. The Kier molecular flexibility index (Phi) is 19.7. The maximum atomic E-state index is 10.2. The molecule has 0 aliphatic rings. The highest BCUT2D eigenvalue weighted by atomic mass is 16.4. The molecule has 0 fully saturated rings. The second-order valence-corrected chi connectivity index (χ2v) is 10.0. The van der Waals surface area contributed by atoms with Gasteiger partial charge in [-0.1, -0.05) is 127 Å². The van der Waals surface area contributed by atoms with Crippen LogP contribution in [0.4, 0.5) is 0 Å². The Morgan fingerprint density at radius 3 is 1.42 bits per heavy atom. The number of hydrogen-bond acceptors (Lipinski definition) is 2. The molecule has 0 bridgehead atoms. The van der Waals surface area contributed by atoms with Crippen LogP contribution >= 0.6 is 0 Å². The molecular formula is C28H51NO2. The van der Waals surface area contributed by atoms with Crippen LogP contribution in [-0.2, 0) is 11.3 Å². The largest absolute Gasteiger partial charge is 0.550 e. The molecule has 3 heteroatoms. The topological polar surface area (TPSA) is 40.1 Å². The number of hydrogen-bond donors (Lipinski definition) is 0. The number of nitrogens with zero attached hydrogens (tertiary/aromatic N) is 1. The molecule has 0 saturated carbocycles. The first-order chi connectivity index (χ1) is 14.8. The Bertz CT molecular complexity index is 507. The van der Waals surface area contributed by atoms with Crippen LogP contribution in [0.2, 0.25) is 0 Å². The molecule has 1 aromatic carbocycles. The summed E-state index contributed by atoms with van der Waals surface area (Å²) in [6.07, 6.45) is 19.9. The molecular weight excluding hydrogens is 382 g/mol. The fraction of sp³-hybridized carbons (Fsp3) is 0.750. The summed E-state index contributed by atoms with van der Waals surface area (Å²) in [5.74, 6) is -0.903. The van der Waals surface area contributed by atoms with Gasteiger partial charge in [0.05, 0.1) is 21.1 Å². The molecule has 0 atom stereocenters. The summed E-state index contributed by atoms with van der Waals surface area (Å²) in [5.41, 5.74) is 1.40. The molecule has 0 aromatic heterocycles. The average molecular weight is 434 g/mol. The lowest BCUT2D eigenvalue weighted by Crippen LogP contribution is -2.33. The minimum absolute atomic E-state index is 0.234. The van der Waals surface area contributed by atoms with E-state index in [1.54, 1.807) is 0 Å². The number of carboxylic acids is 1. The maximum Gasteiger partial charge on any atom is 0.104 e. The van der Waals surface area contributed by atoms with Crippen LogP contribution in [0.5, 0.6) is 0 Å². The lowest BCUT2D eigenvalue weighted by atomic mass is 10.0. The molecule has 0 amide bonds. The number of carbonyl (C=O) groups excluding carboxylic acids is 1. The van der Waals surface area contributed by atoms with Crippen LogP contribution in [-0.4, -0.2) is 31.6 Å². The van der Waals surface area contributed by atoms with Crippen LogP contribution in [0.15, 0.2) is 30.3 Å². The van der Waals surface area contributed by atoms with E-state index >= 15 is 0 Å². The summed E-state index contributed by atoms with van der Waals surface area (Å²) in [4.78, 5) is 10.2. The minimum atomic E-state index is -0.903. The van der Waals surface area contributed by atoms with Gasteiger partial charge in [0.1, 0.15) is 6.54 Å². The quantitative estimate of drug-likeness (QED) is 0.187. The molecule has 180 valence electrons. The second-order valence-electron chi connectivity index (χ2n) is 10.0. The summed E-state index contributed by atoms with van der Waals surface area (Å²) in [7, 11) is 6.60. The van der Waals surface area contributed by atoms with E-state index in [1.807, 2.05) is 0 Å². The maximum absolute atomic E-state index is 10.2. The normalized spacial score (nSPS) is 11.1. The zero-order valence-electron chi connectivity index (χ0n) is 21.2. The first-order valence-electron chi connectivity index (χ1n) is 12.9. The molecule has 0 unspecified atom stereocenters. The molecule has 31 heavy (non-hydrogen) atoms. The van der Waals surface area contributed by atoms with E-state index in [2.05, 4.69) is 58.4 Å². The lowest BCUT2D eigenvalue weighted by molar-refractivity contribution is -0.884. The number of unbranched alkanes of at least 4 members (excludes halogenated alkanes) is 14. The van der Waals surface area contributed by atoms with Gasteiger partial charge in [0.25, 0.3) is 0 Å². The van der Waals surface area contributed by atoms with E-state index in [9.17, 15) is 9.90 Å². The summed E-state index contributed by atoms with van der Waals surface area (Å²) in [6, 6.07) is 10.6. The minimum Gasteiger partial charge on any atom is -0.550 e. The molecule has 3 nitrogen and oxygen atoms in total. The predicted octanol–water partition coefficient (Wildman–Crippen LogP) is 6.89. The first-order valence-corrected chi connectivity index (χ1v) is 12.9. The van der Waals surface area contributed by atoms with Gasteiger partial charge in [0, 0.05) is 11.5 Å². The second kappa shape index (κ2) is 20.5. The molecule has 0 radical (unpaired) electrons. The van der Waals surface area contributed by atoms with E-state index in [0.29, 0.717) is 0 Å². The number of carbonyl (C=O) groups is 1. The third kappa shape index (κ3) is 24.8. The van der Waals surface area contributed by atoms with Crippen LogP contribution in [0, 0.1) is 0 Å². The highest BCUT2D eigenvalue weighted by molar-refractivity contribution is 5.64. The van der Waals surface area contributed by atoms with Gasteiger partial charge in [-0.05, 0) is 12.8 Å². The Balaban J connectivity index is 0.000000683. The van der Waals surface area contributed by atoms with Crippen molar-refractivity contribution in [1.82, 2.24) is 0 Å². The molecule has 1 aromatic rings. The zero-order valence-corrected chi connectivity index (χ0v) is 21.2. The molecule has 1 rings (SSSR count). The molecule has 0 aliphatic heterocycles. The standard InChI is InChI=1S/C18H36O2.C10H16N/c1-2-3-4-5-6-7-8-9-10-11-12-13-14-15-16-17-18(19)20;1-11(2,3)9-10-7-5-4-6-8-10/h2-17H2,1H3,(H,19,20);4-8H,9H2,1-3H3/q;+1/p-1. The van der Waals surface area contributed by atoms with Crippen molar-refractivity contribution in [2.75, 3.05) is 21.1 Å². The Morgan fingerprint density at radius 1 is 0.677 bits per heavy atom. The summed E-state index contributed by atoms with van der Waals surface area (Å²) in [5, 5.41) is 10.2. The zero-order chi connectivity index (χ0) is 23.2. The predicted molar refractivity (Wildman–Crippen MR) is 133 cm³/mol. The number of rotatable bonds is 18. The van der Waals surface area contributed by atoms with Gasteiger partial charge in [-0.25, -0.2) is 0 Å². The number of carboxylic acid groups (broad SMARTS) is 1. The highest BCUT2D eigenvalue weighted by Crippen LogP contribution is 2.13. The van der Waals surface area contributed by atoms with E-state index in [0.717, 1.165) is 23.9 Å². The van der Waals surface area contributed by atoms with Gasteiger partial charge in [-0.15, -0.1) is 0 Å². The number of quaternary nitrogens is 1. The monoisotopic (exact) mass is 433 g/mol. The Labute approximate surface area is 193 Å². The van der Waals surface area contributed by atoms with E-state index < -0.39 is 5.97 Å². The van der Waals surface area contributed by atoms with Crippen LogP contribution in [0.1, 0.15) is 115 Å². The van der Waals surface area contributed by atoms with E-state index in [-0.39, 0.29) is 6.42 Å². The molecule has 0 saturated heterocycles. The first kappa shape index (κ1) is 29.7. The fourth-order valence-corrected chi connectivity index (χ4v) is 3.77. The van der Waals surface area contributed by atoms with Crippen molar-refractivity contribution in [1.29, 1.82) is 0 Å². The van der Waals surface area contributed by atoms with Crippen molar-refractivity contribution in [2.24, 2.45) is 0 Å². The SMILES string of the molecule is CCCCCCCCCCCCCCCCCC(=O)[O-].C[N+](C)(C)Cc1ccccc1. The van der Waals surface area contributed by atoms with Gasteiger partial charge in [-0.2, -0.15) is 0 Å². The van der Waals surface area contributed by atoms with Gasteiger partial charge >= 0.3 is 0 Å². The number of aliphatic carboxylic acids is 1. The van der Waals surface area contributed by atoms with Crippen LogP contribution < -0.4 is 5.11 Å². The summed E-state index contributed by atoms with van der Waals surface area (Å²) >= 11 is 0. The van der Waals surface area contributed by atoms with Crippen molar-refractivity contribution in [3.63, 3.8) is 0 Å². The Hall–Kier alpha value is -1.35. The third-order valence-electron chi connectivity index (χ3n) is 5.48. The van der Waals surface area contributed by atoms with Crippen molar-refractivity contribution < 1.29 is 14.4 Å². The molecule has 0 N–H and O–H groups in total. The van der Waals surface area contributed by atoms with Crippen LogP contribution in [0.25, 0.3) is 0 Å². The van der Waals surface area contributed by atoms with Gasteiger partial charge in [0.15, 0.2) is 0 Å². The molecule has 0 spiro atoms. The van der Waals surface area contributed by atoms with Crippen LogP contribution in [0.3, 0.4) is 0 Å². The lowest BCUT2D eigenvalue weighted by Gasteiger charge is -2.23. The number of benzene rings is 1. The van der Waals surface area contributed by atoms with Crippen molar-refractivity contribution in [3.8, 4) is 0 Å². The fourth-order valence-electron chi connectivity index (χ4n) is 3.77. The summed E-state index contributed by atoms with van der Waals surface area (Å²) in [6.45, 7) is 3.37. The smallest absolute Gasteiger partial charge is 0.104 e. The summed E-state index contributed by atoms with van der Waals surface area (Å²) < 4.78 is 0.990. The third-order valence-corrected chi connectivity index (χ3v) is 5.48. The van der Waals surface area contributed by atoms with E-state index in [1.165, 1.54) is 89.0 Å². The van der Waals surface area contributed by atoms with Crippen molar-refractivity contribution in [3.05, 3.63) is 35.9 Å². The van der Waals surface area contributed by atoms with Crippen molar-refractivity contribution in [2.45, 2.75) is 116 Å².